The van der Waals surface area contributed by atoms with Gasteiger partial charge in [0.25, 0.3) is 0 Å². The number of aromatic nitrogens is 3. The fraction of sp³-hybridized carbons (Fsp3) is 0.182. The number of nitrogens with one attached hydrogen (secondary N) is 1. The average molecular weight is 409 g/mol. The smallest absolute Gasteiger partial charge is 0.335 e. The van der Waals surface area contributed by atoms with Gasteiger partial charge in [0.05, 0.1) is 17.2 Å². The highest BCUT2D eigenvalue weighted by atomic mass is 35.5. The van der Waals surface area contributed by atoms with Gasteiger partial charge in [0.15, 0.2) is 5.65 Å². The summed E-state index contributed by atoms with van der Waals surface area (Å²) in [6.45, 7) is 1.70. The number of phenolic OH excluding ortho intramolecular Hbond substituents is 1. The van der Waals surface area contributed by atoms with E-state index in [4.69, 9.17) is 0 Å². The second-order valence-corrected chi connectivity index (χ2v) is 7.07. The number of imidazole rings is 1. The van der Waals surface area contributed by atoms with Crippen molar-refractivity contribution in [3.05, 3.63) is 77.3 Å². The topological polar surface area (TPSA) is 72.1 Å². The molecule has 0 unspecified atom stereocenters. The van der Waals surface area contributed by atoms with Gasteiger partial charge in [-0.3, -0.25) is 9.13 Å². The van der Waals surface area contributed by atoms with Gasteiger partial charge >= 0.3 is 5.69 Å². The van der Waals surface area contributed by atoms with Crippen LogP contribution in [0.25, 0.3) is 28.0 Å². The second kappa shape index (κ2) is 7.73. The predicted octanol–water partition coefficient (Wildman–Crippen LogP) is 3.52. The first-order valence-electron chi connectivity index (χ1n) is 9.41. The zero-order chi connectivity index (χ0) is 19.1. The first-order valence-corrected chi connectivity index (χ1v) is 9.41. The highest BCUT2D eigenvalue weighted by molar-refractivity contribution is 5.85. The van der Waals surface area contributed by atoms with Crippen LogP contribution in [0.5, 0.6) is 5.75 Å². The molecule has 29 heavy (non-hydrogen) atoms. The quantitative estimate of drug-likeness (QED) is 0.544. The Bertz CT molecular complexity index is 1190. The van der Waals surface area contributed by atoms with Crippen molar-refractivity contribution in [2.24, 2.45) is 0 Å². The highest BCUT2D eigenvalue weighted by Gasteiger charge is 2.24. The predicted molar refractivity (Wildman–Crippen MR) is 116 cm³/mol. The monoisotopic (exact) mass is 408 g/mol. The van der Waals surface area contributed by atoms with Crippen molar-refractivity contribution in [3.8, 4) is 22.6 Å². The van der Waals surface area contributed by atoms with Crippen LogP contribution in [-0.4, -0.2) is 32.3 Å². The van der Waals surface area contributed by atoms with Crippen molar-refractivity contribution >= 4 is 23.6 Å². The molecule has 1 aliphatic rings. The van der Waals surface area contributed by atoms with Crippen molar-refractivity contribution in [2.45, 2.75) is 12.5 Å². The van der Waals surface area contributed by atoms with Crippen molar-refractivity contribution in [3.63, 3.8) is 0 Å². The Balaban J connectivity index is 0.00000205. The summed E-state index contributed by atoms with van der Waals surface area (Å²) in [4.78, 5) is 17.8. The van der Waals surface area contributed by atoms with Crippen LogP contribution in [0.1, 0.15) is 12.5 Å². The molecule has 4 aromatic rings. The molecule has 6 nitrogen and oxygen atoms in total. The Hall–Kier alpha value is -3.09. The zero-order valence-corrected chi connectivity index (χ0v) is 16.5. The molecule has 3 heterocycles. The Morgan fingerprint density at radius 2 is 1.69 bits per heavy atom. The minimum Gasteiger partial charge on any atom is -0.508 e. The van der Waals surface area contributed by atoms with Crippen LogP contribution in [0.4, 0.5) is 0 Å². The van der Waals surface area contributed by atoms with Gasteiger partial charge in [-0.05, 0) is 60.5 Å². The Kier molecular flexibility index (Phi) is 5.13. The Morgan fingerprint density at radius 3 is 2.34 bits per heavy atom. The number of hydrogen-bond donors (Lipinski definition) is 2. The lowest BCUT2D eigenvalue weighted by Crippen LogP contribution is -2.28. The highest BCUT2D eigenvalue weighted by Crippen LogP contribution is 2.25. The first kappa shape index (κ1) is 19.2. The van der Waals surface area contributed by atoms with Crippen molar-refractivity contribution in [1.29, 1.82) is 0 Å². The van der Waals surface area contributed by atoms with Crippen LogP contribution in [0.2, 0.25) is 0 Å². The molecule has 1 atom stereocenters. The van der Waals surface area contributed by atoms with E-state index in [9.17, 15) is 9.90 Å². The van der Waals surface area contributed by atoms with Crippen LogP contribution < -0.4 is 11.0 Å². The van der Waals surface area contributed by atoms with E-state index >= 15 is 0 Å². The molecule has 1 aliphatic heterocycles. The third-order valence-electron chi connectivity index (χ3n) is 5.36. The molecule has 148 valence electrons. The molecular formula is C22H21ClN4O2. The van der Waals surface area contributed by atoms with Crippen molar-refractivity contribution in [1.82, 2.24) is 19.4 Å². The maximum absolute atomic E-state index is 13.3. The van der Waals surface area contributed by atoms with Gasteiger partial charge in [0.1, 0.15) is 5.75 Å². The molecule has 1 fully saturated rings. The number of benzene rings is 2. The molecule has 2 aromatic carbocycles. The number of aromatic hydroxyl groups is 1. The molecule has 0 spiro atoms. The summed E-state index contributed by atoms with van der Waals surface area (Å²) in [6, 6.07) is 18.9. The van der Waals surface area contributed by atoms with Gasteiger partial charge in [0, 0.05) is 12.7 Å². The average Bonchev–Trinajstić information content (AvgIpc) is 3.34. The van der Waals surface area contributed by atoms with Crippen molar-refractivity contribution < 1.29 is 5.11 Å². The SMILES string of the molecule is Cl.O=c1n(-c2ccc(-c3ccc(O)cc3)cc2)c2cccnc2n1[C@H]1CCNC1. The summed E-state index contributed by atoms with van der Waals surface area (Å²) < 4.78 is 3.56. The lowest BCUT2D eigenvalue weighted by molar-refractivity contribution is 0.475. The minimum atomic E-state index is -0.0558. The Morgan fingerprint density at radius 1 is 1.00 bits per heavy atom. The van der Waals surface area contributed by atoms with Crippen LogP contribution in [0.3, 0.4) is 0 Å². The minimum absolute atomic E-state index is 0. The van der Waals surface area contributed by atoms with E-state index in [1.165, 1.54) is 0 Å². The molecule has 5 rings (SSSR count). The lowest BCUT2D eigenvalue weighted by atomic mass is 10.1. The van der Waals surface area contributed by atoms with Crippen LogP contribution in [-0.2, 0) is 0 Å². The number of hydrogen-bond acceptors (Lipinski definition) is 4. The Labute approximate surface area is 173 Å². The van der Waals surface area contributed by atoms with Crippen molar-refractivity contribution in [2.75, 3.05) is 13.1 Å². The molecule has 0 bridgehead atoms. The third-order valence-corrected chi connectivity index (χ3v) is 5.36. The summed E-state index contributed by atoms with van der Waals surface area (Å²) >= 11 is 0. The number of phenols is 1. The molecule has 0 amide bonds. The summed E-state index contributed by atoms with van der Waals surface area (Å²) in [6.07, 6.45) is 2.66. The van der Waals surface area contributed by atoms with Crippen LogP contribution in [0, 0.1) is 0 Å². The summed E-state index contributed by atoms with van der Waals surface area (Å²) in [5, 5.41) is 12.8. The lowest BCUT2D eigenvalue weighted by Gasteiger charge is -2.09. The molecular weight excluding hydrogens is 388 g/mol. The van der Waals surface area contributed by atoms with E-state index < -0.39 is 0 Å². The fourth-order valence-electron chi connectivity index (χ4n) is 3.95. The zero-order valence-electron chi connectivity index (χ0n) is 15.7. The van der Waals surface area contributed by atoms with Gasteiger partial charge in [-0.2, -0.15) is 0 Å². The van der Waals surface area contributed by atoms with E-state index in [-0.39, 0.29) is 29.9 Å². The molecule has 2 aromatic heterocycles. The fourth-order valence-corrected chi connectivity index (χ4v) is 3.95. The van der Waals surface area contributed by atoms with Gasteiger partial charge in [-0.25, -0.2) is 9.78 Å². The molecule has 0 saturated carbocycles. The summed E-state index contributed by atoms with van der Waals surface area (Å²) in [5.41, 5.74) is 4.34. The normalized spacial score (nSPS) is 16.1. The molecule has 0 aliphatic carbocycles. The molecule has 1 saturated heterocycles. The first-order chi connectivity index (χ1) is 13.7. The van der Waals surface area contributed by atoms with Gasteiger partial charge < -0.3 is 10.4 Å². The maximum atomic E-state index is 13.3. The standard InChI is InChI=1S/C22H20N4O2.ClH/c27-19-9-5-16(6-10-19)15-3-7-17(8-4-15)25-20-2-1-12-24-21(20)26(22(25)28)18-11-13-23-14-18;/h1-10,12,18,23,27H,11,13-14H2;1H/t18-;/m0./s1. The number of fused-ring (bicyclic) bond motifs is 1. The second-order valence-electron chi connectivity index (χ2n) is 7.07. The van der Waals surface area contributed by atoms with E-state index in [1.54, 1.807) is 22.9 Å². The number of halogens is 1. The van der Waals surface area contributed by atoms with E-state index in [0.29, 0.717) is 0 Å². The summed E-state index contributed by atoms with van der Waals surface area (Å²) in [7, 11) is 0. The number of pyridine rings is 1. The number of rotatable bonds is 3. The van der Waals surface area contributed by atoms with Gasteiger partial charge in [0.2, 0.25) is 0 Å². The van der Waals surface area contributed by atoms with Gasteiger partial charge in [-0.15, -0.1) is 12.4 Å². The van der Waals surface area contributed by atoms with Crippen LogP contribution >= 0.6 is 12.4 Å². The molecule has 2 N–H and O–H groups in total. The number of nitrogens with zero attached hydrogens (tertiary/aromatic N) is 3. The summed E-state index contributed by atoms with van der Waals surface area (Å²) in [5.74, 6) is 0.244. The van der Waals surface area contributed by atoms with E-state index in [0.717, 1.165) is 47.5 Å². The van der Waals surface area contributed by atoms with Crippen LogP contribution in [0.15, 0.2) is 71.7 Å². The van der Waals surface area contributed by atoms with Gasteiger partial charge in [-0.1, -0.05) is 24.3 Å². The molecule has 0 radical (unpaired) electrons. The van der Waals surface area contributed by atoms with E-state index in [1.807, 2.05) is 53.1 Å². The maximum Gasteiger partial charge on any atom is 0.335 e. The van der Waals surface area contributed by atoms with E-state index in [2.05, 4.69) is 10.3 Å². The molecule has 7 heteroatoms. The largest absolute Gasteiger partial charge is 0.508 e. The third kappa shape index (κ3) is 3.30.